The minimum absolute atomic E-state index is 0.0119. The number of carbonyl (C=O) groups excluding carboxylic acids is 1. The lowest BCUT2D eigenvalue weighted by Crippen LogP contribution is -2.27. The second-order valence-electron chi connectivity index (χ2n) is 4.82. The van der Waals surface area contributed by atoms with Crippen molar-refractivity contribution in [2.24, 2.45) is 0 Å². The summed E-state index contributed by atoms with van der Waals surface area (Å²) in [6.45, 7) is 4.49. The van der Waals surface area contributed by atoms with Crippen LogP contribution in [-0.2, 0) is 6.42 Å². The molecule has 0 aliphatic heterocycles. The SMILES string of the molecule is CC(C)n1cnnc1CCNC(=O)c1c[nH]c(=O)c(Cl)c1. The van der Waals surface area contributed by atoms with Crippen molar-refractivity contribution in [3.8, 4) is 0 Å². The van der Waals surface area contributed by atoms with Crippen LogP contribution >= 0.6 is 11.6 Å². The molecule has 7 nitrogen and oxygen atoms in total. The van der Waals surface area contributed by atoms with Crippen molar-refractivity contribution in [1.29, 1.82) is 0 Å². The second-order valence-corrected chi connectivity index (χ2v) is 5.23. The van der Waals surface area contributed by atoms with Crippen molar-refractivity contribution in [3.63, 3.8) is 0 Å². The summed E-state index contributed by atoms with van der Waals surface area (Å²) in [5.41, 5.74) is -0.108. The van der Waals surface area contributed by atoms with Crippen LogP contribution in [0.1, 0.15) is 36.1 Å². The molecule has 0 radical (unpaired) electrons. The topological polar surface area (TPSA) is 92.7 Å². The van der Waals surface area contributed by atoms with E-state index in [1.807, 2.05) is 18.4 Å². The van der Waals surface area contributed by atoms with Gasteiger partial charge in [0, 0.05) is 25.2 Å². The third kappa shape index (κ3) is 3.69. The highest BCUT2D eigenvalue weighted by Gasteiger charge is 2.10. The van der Waals surface area contributed by atoms with Gasteiger partial charge in [-0.2, -0.15) is 0 Å². The maximum Gasteiger partial charge on any atom is 0.266 e. The summed E-state index contributed by atoms with van der Waals surface area (Å²) in [6, 6.07) is 1.61. The Labute approximate surface area is 126 Å². The summed E-state index contributed by atoms with van der Waals surface area (Å²) in [5, 5.41) is 10.6. The number of carbonyl (C=O) groups is 1. The molecule has 2 aromatic rings. The van der Waals surface area contributed by atoms with Gasteiger partial charge in [0.25, 0.3) is 11.5 Å². The fourth-order valence-electron chi connectivity index (χ4n) is 1.85. The standard InChI is InChI=1S/C13H16ClN5O2/c1-8(2)19-7-17-18-11(19)3-4-15-12(20)9-5-10(14)13(21)16-6-9/h5-8H,3-4H2,1-2H3,(H,15,20)(H,16,21). The zero-order chi connectivity index (χ0) is 15.4. The Kier molecular flexibility index (Phi) is 4.74. The van der Waals surface area contributed by atoms with Gasteiger partial charge in [0.15, 0.2) is 0 Å². The zero-order valence-corrected chi connectivity index (χ0v) is 12.5. The highest BCUT2D eigenvalue weighted by molar-refractivity contribution is 6.30. The molecule has 2 heterocycles. The Balaban J connectivity index is 1.94. The van der Waals surface area contributed by atoms with E-state index in [0.29, 0.717) is 18.5 Å². The third-order valence-electron chi connectivity index (χ3n) is 2.96. The quantitative estimate of drug-likeness (QED) is 0.867. The number of pyridine rings is 1. The van der Waals surface area contributed by atoms with Gasteiger partial charge in [-0.15, -0.1) is 10.2 Å². The van der Waals surface area contributed by atoms with Gasteiger partial charge >= 0.3 is 0 Å². The minimum atomic E-state index is -0.418. The monoisotopic (exact) mass is 309 g/mol. The molecule has 1 amide bonds. The molecule has 0 spiro atoms. The average Bonchev–Trinajstić information content (AvgIpc) is 2.90. The first-order valence-electron chi connectivity index (χ1n) is 6.54. The summed E-state index contributed by atoms with van der Waals surface area (Å²) in [4.78, 5) is 25.5. The lowest BCUT2D eigenvalue weighted by molar-refractivity contribution is 0.0953. The maximum atomic E-state index is 11.9. The molecule has 0 saturated carbocycles. The van der Waals surface area contributed by atoms with Crippen LogP contribution in [0.25, 0.3) is 0 Å². The molecule has 112 valence electrons. The van der Waals surface area contributed by atoms with Gasteiger partial charge in [-0.3, -0.25) is 9.59 Å². The number of aromatic amines is 1. The molecule has 0 aliphatic rings. The predicted octanol–water partition coefficient (Wildman–Crippen LogP) is 1.17. The van der Waals surface area contributed by atoms with E-state index in [9.17, 15) is 9.59 Å². The van der Waals surface area contributed by atoms with E-state index in [4.69, 9.17) is 11.6 Å². The van der Waals surface area contributed by atoms with E-state index in [1.165, 1.54) is 12.3 Å². The summed E-state index contributed by atoms with van der Waals surface area (Å²) in [6.07, 6.45) is 3.57. The highest BCUT2D eigenvalue weighted by atomic mass is 35.5. The Morgan fingerprint density at radius 3 is 2.95 bits per heavy atom. The van der Waals surface area contributed by atoms with Gasteiger partial charge in [-0.05, 0) is 19.9 Å². The highest BCUT2D eigenvalue weighted by Crippen LogP contribution is 2.07. The first-order chi connectivity index (χ1) is 9.99. The van der Waals surface area contributed by atoms with Crippen molar-refractivity contribution in [2.45, 2.75) is 26.3 Å². The molecule has 8 heteroatoms. The van der Waals surface area contributed by atoms with Crippen LogP contribution in [0.2, 0.25) is 5.02 Å². The molecule has 2 rings (SSSR count). The molecule has 0 saturated heterocycles. The van der Waals surface area contributed by atoms with Gasteiger partial charge < -0.3 is 14.9 Å². The fourth-order valence-corrected chi connectivity index (χ4v) is 2.03. The van der Waals surface area contributed by atoms with Gasteiger partial charge in [0.1, 0.15) is 17.2 Å². The normalized spacial score (nSPS) is 10.9. The van der Waals surface area contributed by atoms with Gasteiger partial charge in [-0.1, -0.05) is 11.6 Å². The van der Waals surface area contributed by atoms with E-state index >= 15 is 0 Å². The molecular formula is C13H16ClN5O2. The number of rotatable bonds is 5. The molecule has 0 bridgehead atoms. The molecule has 0 aromatic carbocycles. The number of H-pyrrole nitrogens is 1. The number of hydrogen-bond donors (Lipinski definition) is 2. The molecule has 0 aliphatic carbocycles. The number of halogens is 1. The average molecular weight is 310 g/mol. The van der Waals surface area contributed by atoms with Gasteiger partial charge in [0.05, 0.1) is 5.56 Å². The summed E-state index contributed by atoms with van der Waals surface area (Å²) >= 11 is 5.68. The van der Waals surface area contributed by atoms with E-state index in [0.717, 1.165) is 5.82 Å². The zero-order valence-electron chi connectivity index (χ0n) is 11.8. The predicted molar refractivity (Wildman–Crippen MR) is 78.5 cm³/mol. The number of aromatic nitrogens is 4. The van der Waals surface area contributed by atoms with E-state index in [1.54, 1.807) is 6.33 Å². The number of nitrogens with one attached hydrogen (secondary N) is 2. The molecule has 0 atom stereocenters. The molecule has 2 N–H and O–H groups in total. The summed E-state index contributed by atoms with van der Waals surface area (Å²) in [7, 11) is 0. The largest absolute Gasteiger partial charge is 0.352 e. The molecule has 0 fully saturated rings. The van der Waals surface area contributed by atoms with Crippen LogP contribution in [0.15, 0.2) is 23.4 Å². The summed E-state index contributed by atoms with van der Waals surface area (Å²) < 4.78 is 1.95. The lowest BCUT2D eigenvalue weighted by atomic mass is 10.2. The van der Waals surface area contributed by atoms with E-state index in [2.05, 4.69) is 20.5 Å². The van der Waals surface area contributed by atoms with Crippen molar-refractivity contribution in [3.05, 3.63) is 45.4 Å². The fraction of sp³-hybridized carbons (Fsp3) is 0.385. The van der Waals surface area contributed by atoms with Gasteiger partial charge in [0.2, 0.25) is 0 Å². The van der Waals surface area contributed by atoms with Gasteiger partial charge in [-0.25, -0.2) is 0 Å². The van der Waals surface area contributed by atoms with Crippen LogP contribution in [-0.4, -0.2) is 32.2 Å². The Morgan fingerprint density at radius 2 is 2.29 bits per heavy atom. The van der Waals surface area contributed by atoms with Crippen LogP contribution < -0.4 is 10.9 Å². The molecule has 21 heavy (non-hydrogen) atoms. The molecule has 0 unspecified atom stereocenters. The number of hydrogen-bond acceptors (Lipinski definition) is 4. The van der Waals surface area contributed by atoms with Crippen LogP contribution in [0, 0.1) is 0 Å². The minimum Gasteiger partial charge on any atom is -0.352 e. The smallest absolute Gasteiger partial charge is 0.266 e. The van der Waals surface area contributed by atoms with E-state index in [-0.39, 0.29) is 17.0 Å². The first kappa shape index (κ1) is 15.2. The third-order valence-corrected chi connectivity index (χ3v) is 3.24. The van der Waals surface area contributed by atoms with Crippen molar-refractivity contribution in [1.82, 2.24) is 25.1 Å². The lowest BCUT2D eigenvalue weighted by Gasteiger charge is -2.10. The van der Waals surface area contributed by atoms with Crippen molar-refractivity contribution >= 4 is 17.5 Å². The van der Waals surface area contributed by atoms with Crippen molar-refractivity contribution in [2.75, 3.05) is 6.54 Å². The maximum absolute atomic E-state index is 11.9. The number of amides is 1. The summed E-state index contributed by atoms with van der Waals surface area (Å²) in [5.74, 6) is 0.508. The first-order valence-corrected chi connectivity index (χ1v) is 6.91. The number of nitrogens with zero attached hydrogens (tertiary/aromatic N) is 3. The Morgan fingerprint density at radius 1 is 1.52 bits per heavy atom. The Bertz CT molecular complexity index is 692. The van der Waals surface area contributed by atoms with Crippen molar-refractivity contribution < 1.29 is 4.79 Å². The van der Waals surface area contributed by atoms with E-state index < -0.39 is 5.56 Å². The van der Waals surface area contributed by atoms with Crippen LogP contribution in [0.4, 0.5) is 0 Å². The second kappa shape index (κ2) is 6.53. The molecular weight excluding hydrogens is 294 g/mol. The van der Waals surface area contributed by atoms with Crippen LogP contribution in [0.5, 0.6) is 0 Å². The molecule has 2 aromatic heterocycles. The Hall–Kier alpha value is -2.15. The van der Waals surface area contributed by atoms with Crippen LogP contribution in [0.3, 0.4) is 0 Å².